The van der Waals surface area contributed by atoms with Gasteiger partial charge in [-0.05, 0) is 12.1 Å². The van der Waals surface area contributed by atoms with Gasteiger partial charge in [-0.1, -0.05) is 30.3 Å². The molecule has 30 heavy (non-hydrogen) atoms. The van der Waals surface area contributed by atoms with Crippen molar-refractivity contribution in [2.45, 2.75) is 12.0 Å². The topological polar surface area (TPSA) is 113 Å². The van der Waals surface area contributed by atoms with E-state index in [2.05, 4.69) is 0 Å². The van der Waals surface area contributed by atoms with E-state index >= 15 is 0 Å². The van der Waals surface area contributed by atoms with Crippen molar-refractivity contribution < 1.29 is 24.4 Å². The van der Waals surface area contributed by atoms with Crippen LogP contribution in [-0.2, 0) is 15.1 Å². The Morgan fingerprint density at radius 1 is 1.13 bits per heavy atom. The number of anilines is 1. The summed E-state index contributed by atoms with van der Waals surface area (Å²) in [6, 6.07) is 12.3. The molecule has 9 nitrogen and oxygen atoms in total. The van der Waals surface area contributed by atoms with E-state index in [0.29, 0.717) is 37.6 Å². The number of nitro benzene ring substituents is 1. The monoisotopic (exact) mass is 411 g/mol. The lowest BCUT2D eigenvalue weighted by molar-refractivity contribution is -0.385. The highest BCUT2D eigenvalue weighted by molar-refractivity contribution is 6.11. The molecule has 1 atom stereocenters. The minimum Gasteiger partial charge on any atom is -0.379 e. The molecular formula is C21H21N3O6. The summed E-state index contributed by atoms with van der Waals surface area (Å²) in [7, 11) is 0. The van der Waals surface area contributed by atoms with Gasteiger partial charge in [0.05, 0.1) is 42.5 Å². The SMILES string of the molecule is O=C(CC1(O)C(=O)N(CN2CCOCC2)c2ccccc21)c1ccccc1[N+](=O)[O-]. The van der Waals surface area contributed by atoms with Crippen LogP contribution in [0.3, 0.4) is 0 Å². The number of hydrogen-bond donors (Lipinski definition) is 1. The summed E-state index contributed by atoms with van der Waals surface area (Å²) in [6.07, 6.45) is -0.576. The van der Waals surface area contributed by atoms with E-state index in [1.54, 1.807) is 24.3 Å². The molecule has 0 saturated carbocycles. The van der Waals surface area contributed by atoms with Crippen LogP contribution in [0.25, 0.3) is 0 Å². The molecule has 2 aromatic carbocycles. The molecule has 2 aliphatic heterocycles. The third-order valence-electron chi connectivity index (χ3n) is 5.50. The van der Waals surface area contributed by atoms with Gasteiger partial charge in [-0.25, -0.2) is 0 Å². The number of hydrogen-bond acceptors (Lipinski definition) is 7. The summed E-state index contributed by atoms with van der Waals surface area (Å²) in [6.45, 7) is 2.69. The fourth-order valence-corrected chi connectivity index (χ4v) is 3.96. The molecule has 2 heterocycles. The molecule has 1 N–H and O–H groups in total. The second-order valence-corrected chi connectivity index (χ2v) is 7.36. The predicted octanol–water partition coefficient (Wildman–Crippen LogP) is 1.69. The maximum atomic E-state index is 13.3. The first kappa shape index (κ1) is 20.1. The number of amides is 1. The Balaban J connectivity index is 1.65. The second kappa shape index (κ2) is 7.94. The molecule has 1 saturated heterocycles. The van der Waals surface area contributed by atoms with Gasteiger partial charge in [-0.3, -0.25) is 29.5 Å². The highest BCUT2D eigenvalue weighted by atomic mass is 16.6. The highest BCUT2D eigenvalue weighted by Gasteiger charge is 2.51. The van der Waals surface area contributed by atoms with Gasteiger partial charge in [-0.2, -0.15) is 0 Å². The average molecular weight is 411 g/mol. The number of rotatable bonds is 6. The molecule has 2 aromatic rings. The number of fused-ring (bicyclic) bond motifs is 1. The number of benzene rings is 2. The quantitative estimate of drug-likeness (QED) is 0.437. The summed E-state index contributed by atoms with van der Waals surface area (Å²) >= 11 is 0. The van der Waals surface area contributed by atoms with Crippen LogP contribution in [0.4, 0.5) is 11.4 Å². The van der Waals surface area contributed by atoms with Crippen LogP contribution in [0.15, 0.2) is 48.5 Å². The standard InChI is InChI=1S/C21H21N3O6/c25-19(15-5-1-3-7-17(15)24(28)29)13-21(27)16-6-2-4-8-18(16)23(20(21)26)14-22-9-11-30-12-10-22/h1-8,27H,9-14H2. The lowest BCUT2D eigenvalue weighted by Crippen LogP contribution is -2.49. The van der Waals surface area contributed by atoms with E-state index in [0.717, 1.165) is 0 Å². The summed E-state index contributed by atoms with van der Waals surface area (Å²) < 4.78 is 5.34. The van der Waals surface area contributed by atoms with Crippen LogP contribution in [0.1, 0.15) is 22.3 Å². The van der Waals surface area contributed by atoms with Crippen LogP contribution >= 0.6 is 0 Å². The minimum atomic E-state index is -2.08. The molecule has 1 fully saturated rings. The van der Waals surface area contributed by atoms with Gasteiger partial charge in [0, 0.05) is 24.7 Å². The van der Waals surface area contributed by atoms with Gasteiger partial charge < -0.3 is 9.84 Å². The van der Waals surface area contributed by atoms with Crippen LogP contribution in [0.5, 0.6) is 0 Å². The highest BCUT2D eigenvalue weighted by Crippen LogP contribution is 2.43. The summed E-state index contributed by atoms with van der Waals surface area (Å²) in [5.74, 6) is -1.27. The van der Waals surface area contributed by atoms with E-state index in [1.807, 2.05) is 4.90 Å². The summed E-state index contributed by atoms with van der Waals surface area (Å²) in [5.41, 5.74) is -1.70. The number of para-hydroxylation sites is 2. The van der Waals surface area contributed by atoms with Crippen molar-refractivity contribution in [3.8, 4) is 0 Å². The van der Waals surface area contributed by atoms with Crippen molar-refractivity contribution >= 4 is 23.1 Å². The average Bonchev–Trinajstić information content (AvgIpc) is 2.96. The van der Waals surface area contributed by atoms with Gasteiger partial charge in [-0.15, -0.1) is 0 Å². The van der Waals surface area contributed by atoms with Gasteiger partial charge in [0.2, 0.25) is 0 Å². The first-order valence-corrected chi connectivity index (χ1v) is 9.62. The number of carbonyl (C=O) groups is 2. The van der Waals surface area contributed by atoms with Crippen molar-refractivity contribution in [3.63, 3.8) is 0 Å². The molecule has 156 valence electrons. The Labute approximate surface area is 172 Å². The van der Waals surface area contributed by atoms with Gasteiger partial charge in [0.15, 0.2) is 11.4 Å². The number of carbonyl (C=O) groups excluding carboxylic acids is 2. The number of morpholine rings is 1. The Bertz CT molecular complexity index is 1000. The van der Waals surface area contributed by atoms with Crippen LogP contribution in [0, 0.1) is 10.1 Å². The number of ether oxygens (including phenoxy) is 1. The van der Waals surface area contributed by atoms with Crippen molar-refractivity contribution in [2.24, 2.45) is 0 Å². The largest absolute Gasteiger partial charge is 0.379 e. The predicted molar refractivity (Wildman–Crippen MR) is 107 cm³/mol. The Morgan fingerprint density at radius 2 is 1.80 bits per heavy atom. The maximum absolute atomic E-state index is 13.3. The molecule has 2 aliphatic rings. The van der Waals surface area contributed by atoms with Crippen molar-refractivity contribution in [3.05, 3.63) is 69.8 Å². The second-order valence-electron chi connectivity index (χ2n) is 7.36. The van der Waals surface area contributed by atoms with E-state index < -0.39 is 28.6 Å². The Morgan fingerprint density at radius 3 is 2.53 bits per heavy atom. The molecule has 9 heteroatoms. The molecule has 0 aromatic heterocycles. The molecule has 0 spiro atoms. The van der Waals surface area contributed by atoms with E-state index in [9.17, 15) is 24.8 Å². The van der Waals surface area contributed by atoms with Gasteiger partial charge in [0.1, 0.15) is 0 Å². The third-order valence-corrected chi connectivity index (χ3v) is 5.50. The molecule has 0 aliphatic carbocycles. The zero-order valence-corrected chi connectivity index (χ0v) is 16.2. The third kappa shape index (κ3) is 3.47. The van der Waals surface area contributed by atoms with Crippen LogP contribution in [-0.4, -0.2) is 59.6 Å². The molecule has 4 rings (SSSR count). The summed E-state index contributed by atoms with van der Waals surface area (Å²) in [4.78, 5) is 40.3. The minimum absolute atomic E-state index is 0.132. The number of aliphatic hydroxyl groups is 1. The van der Waals surface area contributed by atoms with Gasteiger partial charge >= 0.3 is 0 Å². The Kier molecular flexibility index (Phi) is 5.33. The van der Waals surface area contributed by atoms with E-state index in [4.69, 9.17) is 4.74 Å². The van der Waals surface area contributed by atoms with E-state index in [1.165, 1.54) is 29.2 Å². The number of Topliss-reactive ketones (excluding diaryl/α,β-unsaturated/α-hetero) is 1. The van der Waals surface area contributed by atoms with E-state index in [-0.39, 0.29) is 17.9 Å². The van der Waals surface area contributed by atoms with Gasteiger partial charge in [0.25, 0.3) is 11.6 Å². The number of nitrogens with zero attached hydrogens (tertiary/aromatic N) is 3. The summed E-state index contributed by atoms with van der Waals surface area (Å²) in [5, 5.41) is 22.6. The van der Waals surface area contributed by atoms with Crippen molar-refractivity contribution in [1.29, 1.82) is 0 Å². The molecule has 0 bridgehead atoms. The normalized spacial score (nSPS) is 21.5. The number of ketones is 1. The smallest absolute Gasteiger partial charge is 0.280 e. The molecule has 1 amide bonds. The first-order chi connectivity index (χ1) is 14.4. The van der Waals surface area contributed by atoms with Crippen molar-refractivity contribution in [2.75, 3.05) is 37.9 Å². The van der Waals surface area contributed by atoms with Crippen molar-refractivity contribution in [1.82, 2.24) is 4.90 Å². The fraction of sp³-hybridized carbons (Fsp3) is 0.333. The fourth-order valence-electron chi connectivity index (χ4n) is 3.96. The maximum Gasteiger partial charge on any atom is 0.280 e. The molecule has 1 unspecified atom stereocenters. The molecule has 0 radical (unpaired) electrons. The first-order valence-electron chi connectivity index (χ1n) is 9.62. The zero-order valence-electron chi connectivity index (χ0n) is 16.2. The van der Waals surface area contributed by atoms with Crippen LogP contribution < -0.4 is 4.90 Å². The van der Waals surface area contributed by atoms with Crippen LogP contribution in [0.2, 0.25) is 0 Å². The number of nitro groups is 1. The Hall–Kier alpha value is -3.14. The lowest BCUT2D eigenvalue weighted by Gasteiger charge is -2.31. The molecular weight excluding hydrogens is 390 g/mol. The zero-order chi connectivity index (χ0) is 21.3. The lowest BCUT2D eigenvalue weighted by atomic mass is 9.88.